The average molecular weight is 889 g/mol. The summed E-state index contributed by atoms with van der Waals surface area (Å²) < 4.78 is 16.9. The first kappa shape index (κ1) is 61.1. The largest absolute Gasteiger partial charge is 0.462 e. The number of carbonyl (C=O) groups excluding carboxylic acids is 3. The molecule has 6 nitrogen and oxygen atoms in total. The van der Waals surface area contributed by atoms with Gasteiger partial charge in [0.1, 0.15) is 13.2 Å². The molecule has 0 radical (unpaired) electrons. The predicted octanol–water partition coefficient (Wildman–Crippen LogP) is 18.5. The molecule has 0 aliphatic heterocycles. The Morgan fingerprint density at radius 3 is 0.794 bits per heavy atom. The van der Waals surface area contributed by atoms with Gasteiger partial charge in [0.15, 0.2) is 6.10 Å². The van der Waals surface area contributed by atoms with Crippen LogP contribution in [0.1, 0.15) is 316 Å². The van der Waals surface area contributed by atoms with E-state index >= 15 is 0 Å². The van der Waals surface area contributed by atoms with Gasteiger partial charge >= 0.3 is 17.9 Å². The zero-order valence-electron chi connectivity index (χ0n) is 42.6. The molecule has 0 aliphatic rings. The van der Waals surface area contributed by atoms with E-state index in [-0.39, 0.29) is 31.1 Å². The van der Waals surface area contributed by atoms with Crippen LogP contribution >= 0.6 is 0 Å². The second-order valence-corrected chi connectivity index (χ2v) is 19.2. The molecule has 1 atom stereocenters. The van der Waals surface area contributed by atoms with Crippen LogP contribution in [0, 0.1) is 0 Å². The maximum Gasteiger partial charge on any atom is 0.306 e. The molecule has 0 aromatic rings. The van der Waals surface area contributed by atoms with Gasteiger partial charge in [-0.2, -0.15) is 0 Å². The van der Waals surface area contributed by atoms with Gasteiger partial charge < -0.3 is 14.2 Å². The fourth-order valence-corrected chi connectivity index (χ4v) is 8.50. The molecule has 6 heteroatoms. The van der Waals surface area contributed by atoms with Crippen LogP contribution in [-0.4, -0.2) is 37.2 Å². The van der Waals surface area contributed by atoms with E-state index in [4.69, 9.17) is 14.2 Å². The number of allylic oxidation sites excluding steroid dienone is 2. The molecule has 0 N–H and O–H groups in total. The Bertz CT molecular complexity index is 978. The smallest absolute Gasteiger partial charge is 0.306 e. The SMILES string of the molecule is CCCCCCCC/C=C\CCCCCCCCCC(=O)OC[C@H](COC(=O)CCCCCCCCCCCCCCC)OC(=O)CCCCCCCCCCCCCCCCC. The molecule has 0 saturated heterocycles. The van der Waals surface area contributed by atoms with Crippen LogP contribution in [0.3, 0.4) is 0 Å². The Morgan fingerprint density at radius 2 is 0.524 bits per heavy atom. The number of unbranched alkanes of at least 4 members (excludes halogenated alkanes) is 39. The summed E-state index contributed by atoms with van der Waals surface area (Å²) in [6.45, 7) is 6.68. The summed E-state index contributed by atoms with van der Waals surface area (Å²) in [7, 11) is 0. The van der Waals surface area contributed by atoms with Crippen LogP contribution in [-0.2, 0) is 28.6 Å². The minimum absolute atomic E-state index is 0.0654. The van der Waals surface area contributed by atoms with Crippen molar-refractivity contribution in [2.75, 3.05) is 13.2 Å². The Labute approximate surface area is 392 Å². The van der Waals surface area contributed by atoms with E-state index in [0.717, 1.165) is 57.8 Å². The maximum absolute atomic E-state index is 12.8. The lowest BCUT2D eigenvalue weighted by Gasteiger charge is -2.18. The molecule has 0 saturated carbocycles. The molecular weight excluding hydrogens is 781 g/mol. The molecule has 0 aromatic heterocycles. The van der Waals surface area contributed by atoms with Crippen LogP contribution in [0.2, 0.25) is 0 Å². The van der Waals surface area contributed by atoms with Gasteiger partial charge in [0, 0.05) is 19.3 Å². The quantitative estimate of drug-likeness (QED) is 0.0262. The Hall–Kier alpha value is -1.85. The monoisotopic (exact) mass is 889 g/mol. The van der Waals surface area contributed by atoms with Crippen LogP contribution < -0.4 is 0 Å². The summed E-state index contributed by atoms with van der Waals surface area (Å²) in [6.07, 6.45) is 59.1. The lowest BCUT2D eigenvalue weighted by Crippen LogP contribution is -2.30. The highest BCUT2D eigenvalue weighted by Gasteiger charge is 2.19. The third-order valence-electron chi connectivity index (χ3n) is 12.8. The molecule has 0 aliphatic carbocycles. The molecule has 0 heterocycles. The van der Waals surface area contributed by atoms with Crippen molar-refractivity contribution in [3.63, 3.8) is 0 Å². The third-order valence-corrected chi connectivity index (χ3v) is 12.8. The van der Waals surface area contributed by atoms with Crippen LogP contribution in [0.5, 0.6) is 0 Å². The second kappa shape index (κ2) is 52.8. The van der Waals surface area contributed by atoms with E-state index < -0.39 is 6.10 Å². The van der Waals surface area contributed by atoms with Crippen molar-refractivity contribution in [2.24, 2.45) is 0 Å². The first-order valence-electron chi connectivity index (χ1n) is 28.2. The van der Waals surface area contributed by atoms with Crippen LogP contribution in [0.25, 0.3) is 0 Å². The normalized spacial score (nSPS) is 12.0. The van der Waals surface area contributed by atoms with Crippen molar-refractivity contribution in [3.05, 3.63) is 12.2 Å². The minimum Gasteiger partial charge on any atom is -0.462 e. The summed E-state index contributed by atoms with van der Waals surface area (Å²) in [6, 6.07) is 0. The van der Waals surface area contributed by atoms with Crippen molar-refractivity contribution in [3.8, 4) is 0 Å². The summed E-state index contributed by atoms with van der Waals surface area (Å²) in [5.74, 6) is -0.847. The van der Waals surface area contributed by atoms with Crippen molar-refractivity contribution < 1.29 is 28.6 Å². The summed E-state index contributed by atoms with van der Waals surface area (Å²) in [5, 5.41) is 0. The standard InChI is InChI=1S/C57H108O6/c1-4-7-10-13-16-19-22-25-27-28-30-32-35-38-41-44-47-50-56(59)62-53-54(52-61-55(58)49-46-43-40-37-34-31-24-21-18-15-12-9-6-3)63-57(60)51-48-45-42-39-36-33-29-26-23-20-17-14-11-8-5-2/h25,27,54H,4-24,26,28-53H2,1-3H3/b27-25-/t54-/m0/s1. The number of esters is 3. The number of ether oxygens (including phenoxy) is 3. The molecule has 0 rings (SSSR count). The van der Waals surface area contributed by atoms with E-state index in [1.807, 2.05) is 0 Å². The van der Waals surface area contributed by atoms with Gasteiger partial charge in [-0.15, -0.1) is 0 Å². The zero-order chi connectivity index (χ0) is 45.8. The van der Waals surface area contributed by atoms with Gasteiger partial charge in [-0.1, -0.05) is 264 Å². The highest BCUT2D eigenvalue weighted by molar-refractivity contribution is 5.71. The number of carbonyl (C=O) groups is 3. The topological polar surface area (TPSA) is 78.9 Å². The van der Waals surface area contributed by atoms with Gasteiger partial charge in [-0.25, -0.2) is 0 Å². The molecule has 0 unspecified atom stereocenters. The number of hydrogen-bond acceptors (Lipinski definition) is 6. The number of rotatable bonds is 52. The second-order valence-electron chi connectivity index (χ2n) is 19.2. The number of hydrogen-bond donors (Lipinski definition) is 0. The molecular formula is C57H108O6. The minimum atomic E-state index is -0.765. The first-order valence-corrected chi connectivity index (χ1v) is 28.2. The lowest BCUT2D eigenvalue weighted by molar-refractivity contribution is -0.167. The van der Waals surface area contributed by atoms with Crippen molar-refractivity contribution in [2.45, 2.75) is 322 Å². The van der Waals surface area contributed by atoms with E-state index in [0.29, 0.717) is 19.3 Å². The van der Waals surface area contributed by atoms with Crippen LogP contribution in [0.4, 0.5) is 0 Å². The Morgan fingerprint density at radius 1 is 0.302 bits per heavy atom. The molecule has 372 valence electrons. The Kier molecular flexibility index (Phi) is 51.2. The molecule has 0 bridgehead atoms. The van der Waals surface area contributed by atoms with Gasteiger partial charge in [0.05, 0.1) is 0 Å². The van der Waals surface area contributed by atoms with E-state index in [2.05, 4.69) is 32.9 Å². The van der Waals surface area contributed by atoms with Gasteiger partial charge in [-0.05, 0) is 44.9 Å². The van der Waals surface area contributed by atoms with E-state index in [1.165, 1.54) is 218 Å². The van der Waals surface area contributed by atoms with E-state index in [1.54, 1.807) is 0 Å². The fourth-order valence-electron chi connectivity index (χ4n) is 8.50. The summed E-state index contributed by atoms with van der Waals surface area (Å²) in [4.78, 5) is 38.1. The molecule has 0 aromatic carbocycles. The first-order chi connectivity index (χ1) is 31.0. The highest BCUT2D eigenvalue weighted by Crippen LogP contribution is 2.17. The summed E-state index contributed by atoms with van der Waals surface area (Å²) in [5.41, 5.74) is 0. The molecule has 0 fully saturated rings. The maximum atomic E-state index is 12.8. The lowest BCUT2D eigenvalue weighted by atomic mass is 10.0. The molecule has 0 spiro atoms. The average Bonchev–Trinajstić information content (AvgIpc) is 3.28. The van der Waals surface area contributed by atoms with Gasteiger partial charge in [0.2, 0.25) is 0 Å². The fraction of sp³-hybridized carbons (Fsp3) is 0.912. The van der Waals surface area contributed by atoms with Crippen molar-refractivity contribution in [1.82, 2.24) is 0 Å². The van der Waals surface area contributed by atoms with E-state index in [9.17, 15) is 14.4 Å². The summed E-state index contributed by atoms with van der Waals surface area (Å²) >= 11 is 0. The molecule has 63 heavy (non-hydrogen) atoms. The Balaban J connectivity index is 4.31. The zero-order valence-corrected chi connectivity index (χ0v) is 42.6. The third kappa shape index (κ3) is 51.0. The van der Waals surface area contributed by atoms with Crippen molar-refractivity contribution in [1.29, 1.82) is 0 Å². The van der Waals surface area contributed by atoms with Gasteiger partial charge in [0.25, 0.3) is 0 Å². The highest BCUT2D eigenvalue weighted by atomic mass is 16.6. The predicted molar refractivity (Wildman–Crippen MR) is 270 cm³/mol. The van der Waals surface area contributed by atoms with Crippen LogP contribution in [0.15, 0.2) is 12.2 Å². The molecule has 0 amide bonds. The van der Waals surface area contributed by atoms with Crippen molar-refractivity contribution >= 4 is 17.9 Å². The van der Waals surface area contributed by atoms with Gasteiger partial charge in [-0.3, -0.25) is 14.4 Å².